The molecule has 1 aromatic heterocycles. The second-order valence-corrected chi connectivity index (χ2v) is 5.18. The van der Waals surface area contributed by atoms with E-state index < -0.39 is 0 Å². The number of carbonyl (C=O) groups is 1. The van der Waals surface area contributed by atoms with E-state index >= 15 is 0 Å². The van der Waals surface area contributed by atoms with Gasteiger partial charge in [0.15, 0.2) is 6.29 Å². The molecule has 2 aliphatic heterocycles. The molecular weight excluding hydrogens is 214 g/mol. The minimum absolute atomic E-state index is 0.525. The van der Waals surface area contributed by atoms with E-state index in [4.69, 9.17) is 0 Å². The normalized spacial score (nSPS) is 28.4. The van der Waals surface area contributed by atoms with E-state index in [0.717, 1.165) is 37.0 Å². The number of rotatable bonds is 2. The fourth-order valence-electron chi connectivity index (χ4n) is 3.10. The van der Waals surface area contributed by atoms with Gasteiger partial charge in [0.1, 0.15) is 11.5 Å². The van der Waals surface area contributed by atoms with Gasteiger partial charge >= 0.3 is 0 Å². The van der Waals surface area contributed by atoms with Crippen LogP contribution in [-0.2, 0) is 0 Å². The summed E-state index contributed by atoms with van der Waals surface area (Å²) in [7, 11) is 2.19. The highest BCUT2D eigenvalue weighted by molar-refractivity contribution is 5.72. The number of carbonyl (C=O) groups excluding carboxylic acids is 1. The summed E-state index contributed by atoms with van der Waals surface area (Å²) in [5, 5.41) is 0. The van der Waals surface area contributed by atoms with Crippen molar-refractivity contribution in [2.45, 2.75) is 0 Å². The number of pyridine rings is 1. The Balaban J connectivity index is 1.76. The number of aromatic nitrogens is 1. The van der Waals surface area contributed by atoms with Gasteiger partial charge < -0.3 is 9.80 Å². The molecule has 0 radical (unpaired) electrons. The standard InChI is InChI=1S/C13H17N3O/c1-15-5-10-7-16(8-11(10)6-15)13-4-2-3-12(9-17)14-13/h2-4,9-11H,5-8H2,1H3. The molecule has 0 aromatic carbocycles. The van der Waals surface area contributed by atoms with Crippen molar-refractivity contribution in [3.8, 4) is 0 Å². The van der Waals surface area contributed by atoms with E-state index in [0.29, 0.717) is 5.69 Å². The van der Waals surface area contributed by atoms with Gasteiger partial charge in [-0.3, -0.25) is 4.79 Å². The van der Waals surface area contributed by atoms with Crippen LogP contribution in [0.4, 0.5) is 5.82 Å². The van der Waals surface area contributed by atoms with Crippen molar-refractivity contribution in [1.29, 1.82) is 0 Å². The monoisotopic (exact) mass is 231 g/mol. The fourth-order valence-corrected chi connectivity index (χ4v) is 3.10. The zero-order chi connectivity index (χ0) is 11.8. The highest BCUT2D eigenvalue weighted by atomic mass is 16.1. The largest absolute Gasteiger partial charge is 0.356 e. The van der Waals surface area contributed by atoms with E-state index in [2.05, 4.69) is 21.8 Å². The first-order valence-electron chi connectivity index (χ1n) is 6.12. The highest BCUT2D eigenvalue weighted by Gasteiger charge is 2.38. The smallest absolute Gasteiger partial charge is 0.168 e. The molecule has 4 heteroatoms. The van der Waals surface area contributed by atoms with Crippen LogP contribution in [0, 0.1) is 11.8 Å². The lowest BCUT2D eigenvalue weighted by molar-refractivity contribution is 0.111. The maximum atomic E-state index is 10.7. The molecule has 1 aromatic rings. The van der Waals surface area contributed by atoms with Gasteiger partial charge in [-0.25, -0.2) is 4.98 Å². The Morgan fingerprint density at radius 3 is 2.59 bits per heavy atom. The topological polar surface area (TPSA) is 36.4 Å². The molecule has 2 aliphatic rings. The molecular formula is C13H17N3O. The number of hydrogen-bond donors (Lipinski definition) is 0. The first-order chi connectivity index (χ1) is 8.26. The number of aldehydes is 1. The summed E-state index contributed by atoms with van der Waals surface area (Å²) in [6, 6.07) is 5.66. The summed E-state index contributed by atoms with van der Waals surface area (Å²) in [6.07, 6.45) is 0.814. The van der Waals surface area contributed by atoms with Crippen LogP contribution in [0.15, 0.2) is 18.2 Å². The predicted octanol–water partition coefficient (Wildman–Crippen LogP) is 0.892. The zero-order valence-corrected chi connectivity index (χ0v) is 10.0. The Hall–Kier alpha value is -1.42. The lowest BCUT2D eigenvalue weighted by Crippen LogP contribution is -2.27. The average molecular weight is 231 g/mol. The van der Waals surface area contributed by atoms with Crippen molar-refractivity contribution in [3.63, 3.8) is 0 Å². The van der Waals surface area contributed by atoms with Gasteiger partial charge in [-0.1, -0.05) is 6.07 Å². The van der Waals surface area contributed by atoms with Crippen LogP contribution in [-0.4, -0.2) is 49.4 Å². The highest BCUT2D eigenvalue weighted by Crippen LogP contribution is 2.32. The molecule has 2 saturated heterocycles. The minimum atomic E-state index is 0.525. The second kappa shape index (κ2) is 4.11. The Morgan fingerprint density at radius 1 is 1.24 bits per heavy atom. The van der Waals surface area contributed by atoms with E-state index in [-0.39, 0.29) is 0 Å². The van der Waals surface area contributed by atoms with Crippen molar-refractivity contribution in [3.05, 3.63) is 23.9 Å². The summed E-state index contributed by atoms with van der Waals surface area (Å²) in [6.45, 7) is 4.53. The molecule has 0 bridgehead atoms. The summed E-state index contributed by atoms with van der Waals surface area (Å²) in [5.41, 5.74) is 0.525. The van der Waals surface area contributed by atoms with Gasteiger partial charge in [-0.05, 0) is 31.0 Å². The molecule has 3 rings (SSSR count). The molecule has 0 amide bonds. The molecule has 2 unspecified atom stereocenters. The van der Waals surface area contributed by atoms with Crippen LogP contribution in [0.3, 0.4) is 0 Å². The zero-order valence-electron chi connectivity index (χ0n) is 10.0. The quantitative estimate of drug-likeness (QED) is 0.708. The van der Waals surface area contributed by atoms with Crippen LogP contribution in [0.2, 0.25) is 0 Å². The molecule has 4 nitrogen and oxygen atoms in total. The Bertz CT molecular complexity index is 420. The van der Waals surface area contributed by atoms with E-state index in [1.165, 1.54) is 13.1 Å². The van der Waals surface area contributed by atoms with E-state index in [9.17, 15) is 4.79 Å². The molecule has 0 aliphatic carbocycles. The molecule has 90 valence electrons. The molecule has 3 heterocycles. The lowest BCUT2D eigenvalue weighted by atomic mass is 10.0. The Labute approximate surface area is 101 Å². The molecule has 2 fully saturated rings. The summed E-state index contributed by atoms with van der Waals surface area (Å²) in [4.78, 5) is 19.8. The number of likely N-dealkylation sites (tertiary alicyclic amines) is 1. The third-order valence-electron chi connectivity index (χ3n) is 3.87. The SMILES string of the molecule is CN1CC2CN(c3cccc(C=O)n3)CC2C1. The first-order valence-corrected chi connectivity index (χ1v) is 6.12. The molecule has 0 saturated carbocycles. The molecule has 0 N–H and O–H groups in total. The minimum Gasteiger partial charge on any atom is -0.356 e. The fraction of sp³-hybridized carbons (Fsp3) is 0.538. The van der Waals surface area contributed by atoms with Crippen LogP contribution in [0.1, 0.15) is 10.5 Å². The van der Waals surface area contributed by atoms with Gasteiger partial charge in [-0.15, -0.1) is 0 Å². The maximum Gasteiger partial charge on any atom is 0.168 e. The molecule has 0 spiro atoms. The number of fused-ring (bicyclic) bond motifs is 1. The average Bonchev–Trinajstić information content (AvgIpc) is 2.86. The summed E-state index contributed by atoms with van der Waals surface area (Å²) >= 11 is 0. The number of anilines is 1. The first kappa shape index (κ1) is 10.7. The van der Waals surface area contributed by atoms with Gasteiger partial charge in [0, 0.05) is 26.2 Å². The predicted molar refractivity (Wildman–Crippen MR) is 66.3 cm³/mol. The lowest BCUT2D eigenvalue weighted by Gasteiger charge is -2.20. The summed E-state index contributed by atoms with van der Waals surface area (Å²) in [5.74, 6) is 2.48. The third-order valence-corrected chi connectivity index (χ3v) is 3.87. The van der Waals surface area contributed by atoms with Crippen molar-refractivity contribution in [1.82, 2.24) is 9.88 Å². The van der Waals surface area contributed by atoms with Crippen LogP contribution < -0.4 is 4.90 Å². The molecule has 17 heavy (non-hydrogen) atoms. The van der Waals surface area contributed by atoms with Gasteiger partial charge in [0.2, 0.25) is 0 Å². The molecule has 2 atom stereocenters. The van der Waals surface area contributed by atoms with Crippen molar-refractivity contribution >= 4 is 12.1 Å². The Kier molecular flexibility index (Phi) is 2.59. The number of hydrogen-bond acceptors (Lipinski definition) is 4. The second-order valence-electron chi connectivity index (χ2n) is 5.18. The van der Waals surface area contributed by atoms with E-state index in [1.54, 1.807) is 6.07 Å². The Morgan fingerprint density at radius 2 is 1.94 bits per heavy atom. The van der Waals surface area contributed by atoms with Crippen molar-refractivity contribution in [2.75, 3.05) is 38.1 Å². The van der Waals surface area contributed by atoms with E-state index in [1.807, 2.05) is 12.1 Å². The van der Waals surface area contributed by atoms with Gasteiger partial charge in [0.25, 0.3) is 0 Å². The van der Waals surface area contributed by atoms with Crippen molar-refractivity contribution in [2.24, 2.45) is 11.8 Å². The van der Waals surface area contributed by atoms with Crippen LogP contribution in [0.5, 0.6) is 0 Å². The number of nitrogens with zero attached hydrogens (tertiary/aromatic N) is 3. The maximum absolute atomic E-state index is 10.7. The summed E-state index contributed by atoms with van der Waals surface area (Å²) < 4.78 is 0. The van der Waals surface area contributed by atoms with Gasteiger partial charge in [0.05, 0.1) is 0 Å². The van der Waals surface area contributed by atoms with Crippen molar-refractivity contribution < 1.29 is 4.79 Å². The van der Waals surface area contributed by atoms with Crippen LogP contribution >= 0.6 is 0 Å². The van der Waals surface area contributed by atoms with Crippen LogP contribution in [0.25, 0.3) is 0 Å². The third kappa shape index (κ3) is 1.93. The van der Waals surface area contributed by atoms with Gasteiger partial charge in [-0.2, -0.15) is 0 Å².